The fraction of sp³-hybridized carbons (Fsp3) is 0.176. The smallest absolute Gasteiger partial charge is 0.270 e. The van der Waals surface area contributed by atoms with E-state index in [9.17, 15) is 10.1 Å². The summed E-state index contributed by atoms with van der Waals surface area (Å²) in [7, 11) is 0. The molecule has 0 unspecified atom stereocenters. The van der Waals surface area contributed by atoms with Crippen molar-refractivity contribution in [2.75, 3.05) is 0 Å². The summed E-state index contributed by atoms with van der Waals surface area (Å²) in [4.78, 5) is 10.6. The number of halogens is 1. The minimum absolute atomic E-state index is 0.0403. The fourth-order valence-electron chi connectivity index (χ4n) is 2.38. The first kappa shape index (κ1) is 17.4. The summed E-state index contributed by atoms with van der Waals surface area (Å²) in [5, 5.41) is 20.9. The number of hydrogen-bond donors (Lipinski definition) is 0. The molecule has 3 rings (SSSR count). The van der Waals surface area contributed by atoms with Crippen LogP contribution in [0.25, 0.3) is 11.4 Å². The van der Waals surface area contributed by atoms with Gasteiger partial charge in [-0.2, -0.15) is 0 Å². The van der Waals surface area contributed by atoms with Gasteiger partial charge in [-0.1, -0.05) is 47.6 Å². The van der Waals surface area contributed by atoms with E-state index in [0.29, 0.717) is 23.0 Å². The number of benzene rings is 2. The van der Waals surface area contributed by atoms with E-state index in [0.717, 1.165) is 16.5 Å². The van der Waals surface area contributed by atoms with Crippen molar-refractivity contribution in [2.24, 2.45) is 0 Å². The van der Waals surface area contributed by atoms with Gasteiger partial charge in [-0.25, -0.2) is 0 Å². The molecule has 0 N–H and O–H groups in total. The van der Waals surface area contributed by atoms with Gasteiger partial charge in [0.1, 0.15) is 0 Å². The van der Waals surface area contributed by atoms with Gasteiger partial charge in [0.2, 0.25) is 0 Å². The summed E-state index contributed by atoms with van der Waals surface area (Å²) in [5.41, 5.74) is 1.86. The lowest BCUT2D eigenvalue weighted by atomic mass is 10.2. The minimum atomic E-state index is -0.410. The molecule has 0 aliphatic carbocycles. The maximum absolute atomic E-state index is 11.0. The first-order chi connectivity index (χ1) is 12.1. The molecule has 0 fully saturated rings. The number of non-ortho nitro benzene ring substituents is 1. The molecule has 6 nitrogen and oxygen atoms in total. The van der Waals surface area contributed by atoms with Crippen molar-refractivity contribution in [1.29, 1.82) is 0 Å². The van der Waals surface area contributed by atoms with Crippen molar-refractivity contribution < 1.29 is 4.92 Å². The lowest BCUT2D eigenvalue weighted by Crippen LogP contribution is -2.00. The molecule has 3 aromatic rings. The summed E-state index contributed by atoms with van der Waals surface area (Å²) >= 11 is 7.47. The van der Waals surface area contributed by atoms with E-state index in [1.807, 2.05) is 35.8 Å². The summed E-state index contributed by atoms with van der Waals surface area (Å²) < 4.78 is 1.96. The van der Waals surface area contributed by atoms with Crippen LogP contribution in [-0.2, 0) is 12.3 Å². The van der Waals surface area contributed by atoms with Crippen molar-refractivity contribution in [3.05, 3.63) is 69.2 Å². The molecule has 1 heterocycles. The van der Waals surface area contributed by atoms with Crippen molar-refractivity contribution >= 4 is 29.1 Å². The third kappa shape index (κ3) is 4.00. The second-order valence-electron chi connectivity index (χ2n) is 5.27. The SMILES string of the molecule is CCn1c(SCc2ccc(Cl)cc2)nnc1-c1cccc([N+](=O)[O-])c1. The quantitative estimate of drug-likeness (QED) is 0.351. The van der Waals surface area contributed by atoms with E-state index in [-0.39, 0.29) is 5.69 Å². The van der Waals surface area contributed by atoms with Crippen LogP contribution in [0.5, 0.6) is 0 Å². The Morgan fingerprint density at radius 2 is 1.96 bits per heavy atom. The van der Waals surface area contributed by atoms with Gasteiger partial charge in [0, 0.05) is 35.0 Å². The summed E-state index contributed by atoms with van der Waals surface area (Å²) in [5.74, 6) is 1.37. The molecule has 0 aliphatic heterocycles. The Hall–Kier alpha value is -2.38. The van der Waals surface area contributed by atoms with E-state index >= 15 is 0 Å². The molecule has 0 radical (unpaired) electrons. The standard InChI is InChI=1S/C17H15ClN4O2S/c1-2-21-16(13-4-3-5-15(10-13)22(23)24)19-20-17(21)25-11-12-6-8-14(18)9-7-12/h3-10H,2,11H2,1H3. The fourth-order valence-corrected chi connectivity index (χ4v) is 3.47. The Kier molecular flexibility index (Phi) is 5.35. The van der Waals surface area contributed by atoms with Gasteiger partial charge < -0.3 is 4.57 Å². The number of nitro benzene ring substituents is 1. The van der Waals surface area contributed by atoms with Gasteiger partial charge in [-0.3, -0.25) is 10.1 Å². The topological polar surface area (TPSA) is 73.8 Å². The van der Waals surface area contributed by atoms with Gasteiger partial charge in [-0.05, 0) is 24.6 Å². The van der Waals surface area contributed by atoms with Crippen LogP contribution in [0, 0.1) is 10.1 Å². The molecule has 0 amide bonds. The molecule has 2 aromatic carbocycles. The molecule has 0 bridgehead atoms. The Labute approximate surface area is 154 Å². The average molecular weight is 375 g/mol. The summed E-state index contributed by atoms with van der Waals surface area (Å²) in [6.07, 6.45) is 0. The van der Waals surface area contributed by atoms with E-state index in [2.05, 4.69) is 10.2 Å². The van der Waals surface area contributed by atoms with Crippen LogP contribution in [0.1, 0.15) is 12.5 Å². The van der Waals surface area contributed by atoms with Gasteiger partial charge in [-0.15, -0.1) is 10.2 Å². The zero-order valence-electron chi connectivity index (χ0n) is 13.4. The van der Waals surface area contributed by atoms with Gasteiger partial charge in [0.15, 0.2) is 11.0 Å². The van der Waals surface area contributed by atoms with Crippen LogP contribution in [0.2, 0.25) is 5.02 Å². The number of rotatable bonds is 6. The van der Waals surface area contributed by atoms with Crippen molar-refractivity contribution in [1.82, 2.24) is 14.8 Å². The van der Waals surface area contributed by atoms with Crippen LogP contribution in [0.15, 0.2) is 53.7 Å². The third-order valence-corrected chi connectivity index (χ3v) is 4.92. The predicted octanol–water partition coefficient (Wildman–Crippen LogP) is 4.82. The second-order valence-corrected chi connectivity index (χ2v) is 6.65. The van der Waals surface area contributed by atoms with Crippen LogP contribution in [0.3, 0.4) is 0 Å². The van der Waals surface area contributed by atoms with Crippen molar-refractivity contribution in [3.8, 4) is 11.4 Å². The van der Waals surface area contributed by atoms with E-state index in [1.165, 1.54) is 12.1 Å². The van der Waals surface area contributed by atoms with Gasteiger partial charge in [0.25, 0.3) is 5.69 Å². The lowest BCUT2D eigenvalue weighted by molar-refractivity contribution is -0.384. The van der Waals surface area contributed by atoms with Crippen LogP contribution >= 0.6 is 23.4 Å². The first-order valence-corrected chi connectivity index (χ1v) is 9.00. The van der Waals surface area contributed by atoms with E-state index in [1.54, 1.807) is 23.9 Å². The lowest BCUT2D eigenvalue weighted by Gasteiger charge is -2.07. The summed E-state index contributed by atoms with van der Waals surface area (Å²) in [6, 6.07) is 14.1. The number of aromatic nitrogens is 3. The highest BCUT2D eigenvalue weighted by Crippen LogP contribution is 2.28. The molecule has 0 atom stereocenters. The molecule has 0 saturated heterocycles. The molecule has 25 heavy (non-hydrogen) atoms. The molecule has 1 aromatic heterocycles. The molecule has 0 spiro atoms. The van der Waals surface area contributed by atoms with Crippen LogP contribution in [0.4, 0.5) is 5.69 Å². The highest BCUT2D eigenvalue weighted by atomic mass is 35.5. The van der Waals surface area contributed by atoms with Gasteiger partial charge in [0.05, 0.1) is 4.92 Å². The number of nitrogens with zero attached hydrogens (tertiary/aromatic N) is 4. The molecule has 8 heteroatoms. The third-order valence-electron chi connectivity index (χ3n) is 3.63. The Bertz CT molecular complexity index is 896. The van der Waals surface area contributed by atoms with Crippen LogP contribution < -0.4 is 0 Å². The van der Waals surface area contributed by atoms with Crippen molar-refractivity contribution in [3.63, 3.8) is 0 Å². The predicted molar refractivity (Wildman–Crippen MR) is 98.8 cm³/mol. The van der Waals surface area contributed by atoms with E-state index in [4.69, 9.17) is 11.6 Å². The zero-order chi connectivity index (χ0) is 17.8. The maximum atomic E-state index is 11.0. The average Bonchev–Trinajstić information content (AvgIpc) is 3.04. The second kappa shape index (κ2) is 7.67. The normalized spacial score (nSPS) is 10.8. The highest BCUT2D eigenvalue weighted by molar-refractivity contribution is 7.98. The van der Waals surface area contributed by atoms with Gasteiger partial charge >= 0.3 is 0 Å². The number of thioether (sulfide) groups is 1. The highest BCUT2D eigenvalue weighted by Gasteiger charge is 2.15. The van der Waals surface area contributed by atoms with Crippen LogP contribution in [-0.4, -0.2) is 19.7 Å². The number of hydrogen-bond acceptors (Lipinski definition) is 5. The van der Waals surface area contributed by atoms with E-state index < -0.39 is 4.92 Å². The molecule has 128 valence electrons. The Morgan fingerprint density at radius 3 is 2.64 bits per heavy atom. The minimum Gasteiger partial charge on any atom is -0.302 e. The monoisotopic (exact) mass is 374 g/mol. The molecule has 0 saturated carbocycles. The number of nitro groups is 1. The first-order valence-electron chi connectivity index (χ1n) is 7.63. The zero-order valence-corrected chi connectivity index (χ0v) is 15.0. The molecular weight excluding hydrogens is 360 g/mol. The summed E-state index contributed by atoms with van der Waals surface area (Å²) in [6.45, 7) is 2.67. The largest absolute Gasteiger partial charge is 0.302 e. The maximum Gasteiger partial charge on any atom is 0.270 e. The molecular formula is C17H15ClN4O2S. The Morgan fingerprint density at radius 1 is 1.20 bits per heavy atom. The molecule has 0 aliphatic rings. The van der Waals surface area contributed by atoms with Crippen molar-refractivity contribution in [2.45, 2.75) is 24.4 Å². The Balaban J connectivity index is 1.84.